The molecule has 1 aromatic heterocycles. The molecule has 86 valence electrons. The van der Waals surface area contributed by atoms with Crippen LogP contribution in [0.5, 0.6) is 0 Å². The summed E-state index contributed by atoms with van der Waals surface area (Å²) in [5, 5.41) is 0. The SMILES string of the molecule is CCCN(CC)c1nc2cc(N)ccc2o1. The Morgan fingerprint density at radius 1 is 1.38 bits per heavy atom. The third-order valence-corrected chi connectivity index (χ3v) is 2.55. The number of nitrogens with zero attached hydrogens (tertiary/aromatic N) is 2. The zero-order valence-electron chi connectivity index (χ0n) is 9.73. The minimum absolute atomic E-state index is 0.685. The Hall–Kier alpha value is -1.71. The summed E-state index contributed by atoms with van der Waals surface area (Å²) in [4.78, 5) is 6.56. The predicted octanol–water partition coefficient (Wildman–Crippen LogP) is 2.65. The van der Waals surface area contributed by atoms with Gasteiger partial charge < -0.3 is 15.1 Å². The average Bonchev–Trinajstić information content (AvgIpc) is 2.68. The van der Waals surface area contributed by atoms with Gasteiger partial charge in [0, 0.05) is 18.8 Å². The van der Waals surface area contributed by atoms with E-state index in [1.165, 1.54) is 0 Å². The molecule has 0 bridgehead atoms. The summed E-state index contributed by atoms with van der Waals surface area (Å²) in [5.74, 6) is 0. The van der Waals surface area contributed by atoms with Crippen molar-refractivity contribution >= 4 is 22.8 Å². The van der Waals surface area contributed by atoms with Crippen LogP contribution in [0.4, 0.5) is 11.7 Å². The number of anilines is 2. The summed E-state index contributed by atoms with van der Waals surface area (Å²) < 4.78 is 5.69. The van der Waals surface area contributed by atoms with Gasteiger partial charge in [-0.15, -0.1) is 0 Å². The Labute approximate surface area is 95.1 Å². The van der Waals surface area contributed by atoms with Crippen LogP contribution in [0.3, 0.4) is 0 Å². The zero-order valence-corrected chi connectivity index (χ0v) is 9.73. The molecule has 16 heavy (non-hydrogen) atoms. The fourth-order valence-electron chi connectivity index (χ4n) is 1.73. The molecule has 0 aliphatic heterocycles. The molecule has 0 saturated heterocycles. The van der Waals surface area contributed by atoms with Gasteiger partial charge in [-0.25, -0.2) is 0 Å². The number of benzene rings is 1. The highest BCUT2D eigenvalue weighted by Crippen LogP contribution is 2.23. The van der Waals surface area contributed by atoms with Crippen molar-refractivity contribution in [3.63, 3.8) is 0 Å². The molecule has 1 aromatic carbocycles. The molecule has 2 aromatic rings. The van der Waals surface area contributed by atoms with E-state index in [1.807, 2.05) is 18.2 Å². The summed E-state index contributed by atoms with van der Waals surface area (Å²) in [5.41, 5.74) is 8.03. The molecular weight excluding hydrogens is 202 g/mol. The maximum Gasteiger partial charge on any atom is 0.298 e. The van der Waals surface area contributed by atoms with Gasteiger partial charge in [0.05, 0.1) is 0 Å². The third kappa shape index (κ3) is 1.96. The van der Waals surface area contributed by atoms with E-state index in [0.717, 1.165) is 30.6 Å². The molecule has 0 saturated carbocycles. The van der Waals surface area contributed by atoms with Gasteiger partial charge in [-0.1, -0.05) is 6.92 Å². The largest absolute Gasteiger partial charge is 0.423 e. The van der Waals surface area contributed by atoms with Gasteiger partial charge in [0.15, 0.2) is 5.58 Å². The lowest BCUT2D eigenvalue weighted by molar-refractivity contribution is 0.568. The molecule has 1 heterocycles. The molecule has 2 rings (SSSR count). The minimum Gasteiger partial charge on any atom is -0.423 e. The number of oxazole rings is 1. The molecule has 0 fully saturated rings. The summed E-state index contributed by atoms with van der Waals surface area (Å²) in [6, 6.07) is 6.21. The third-order valence-electron chi connectivity index (χ3n) is 2.55. The monoisotopic (exact) mass is 219 g/mol. The first-order chi connectivity index (χ1) is 7.74. The molecule has 0 spiro atoms. The van der Waals surface area contributed by atoms with Crippen LogP contribution < -0.4 is 10.6 Å². The van der Waals surface area contributed by atoms with Crippen molar-refractivity contribution in [3.05, 3.63) is 18.2 Å². The maximum atomic E-state index is 5.71. The van der Waals surface area contributed by atoms with Crippen LogP contribution in [-0.2, 0) is 0 Å². The van der Waals surface area contributed by atoms with E-state index in [2.05, 4.69) is 23.7 Å². The highest BCUT2D eigenvalue weighted by Gasteiger charge is 2.11. The second-order valence-electron chi connectivity index (χ2n) is 3.80. The number of nitrogen functional groups attached to an aromatic ring is 1. The van der Waals surface area contributed by atoms with Crippen molar-refractivity contribution in [2.24, 2.45) is 0 Å². The van der Waals surface area contributed by atoms with Crippen molar-refractivity contribution in [3.8, 4) is 0 Å². The van der Waals surface area contributed by atoms with E-state index in [0.29, 0.717) is 11.7 Å². The first-order valence-electron chi connectivity index (χ1n) is 5.65. The van der Waals surface area contributed by atoms with Crippen LogP contribution in [-0.4, -0.2) is 18.1 Å². The van der Waals surface area contributed by atoms with Gasteiger partial charge in [0.1, 0.15) is 5.52 Å². The summed E-state index contributed by atoms with van der Waals surface area (Å²) in [6.45, 7) is 6.09. The van der Waals surface area contributed by atoms with Crippen molar-refractivity contribution < 1.29 is 4.42 Å². The highest BCUT2D eigenvalue weighted by atomic mass is 16.4. The topological polar surface area (TPSA) is 55.3 Å². The first-order valence-corrected chi connectivity index (χ1v) is 5.65. The van der Waals surface area contributed by atoms with E-state index < -0.39 is 0 Å². The molecule has 4 heteroatoms. The number of hydrogen-bond donors (Lipinski definition) is 1. The average molecular weight is 219 g/mol. The van der Waals surface area contributed by atoms with Crippen LogP contribution in [0, 0.1) is 0 Å². The van der Waals surface area contributed by atoms with Crippen LogP contribution in [0.15, 0.2) is 22.6 Å². The highest BCUT2D eigenvalue weighted by molar-refractivity contribution is 5.78. The summed E-state index contributed by atoms with van der Waals surface area (Å²) in [6.07, 6.45) is 1.08. The molecule has 0 unspecified atom stereocenters. The van der Waals surface area contributed by atoms with Crippen LogP contribution in [0.25, 0.3) is 11.1 Å². The van der Waals surface area contributed by atoms with Crippen molar-refractivity contribution in [1.29, 1.82) is 0 Å². The lowest BCUT2D eigenvalue weighted by Crippen LogP contribution is -2.23. The second kappa shape index (κ2) is 4.43. The van der Waals surface area contributed by atoms with E-state index >= 15 is 0 Å². The molecule has 0 aliphatic carbocycles. The predicted molar refractivity (Wildman–Crippen MR) is 66.6 cm³/mol. The van der Waals surface area contributed by atoms with E-state index in [9.17, 15) is 0 Å². The Morgan fingerprint density at radius 2 is 2.19 bits per heavy atom. The zero-order chi connectivity index (χ0) is 11.5. The number of hydrogen-bond acceptors (Lipinski definition) is 4. The van der Waals surface area contributed by atoms with Crippen molar-refractivity contribution in [2.45, 2.75) is 20.3 Å². The fraction of sp³-hybridized carbons (Fsp3) is 0.417. The molecule has 0 amide bonds. The Morgan fingerprint density at radius 3 is 2.88 bits per heavy atom. The van der Waals surface area contributed by atoms with E-state index in [1.54, 1.807) is 0 Å². The normalized spacial score (nSPS) is 10.9. The number of aromatic nitrogens is 1. The second-order valence-corrected chi connectivity index (χ2v) is 3.80. The fourth-order valence-corrected chi connectivity index (χ4v) is 1.73. The lowest BCUT2D eigenvalue weighted by Gasteiger charge is -2.16. The summed E-state index contributed by atoms with van der Waals surface area (Å²) in [7, 11) is 0. The minimum atomic E-state index is 0.685. The molecule has 0 atom stereocenters. The molecular formula is C12H17N3O. The van der Waals surface area contributed by atoms with Crippen molar-refractivity contribution in [2.75, 3.05) is 23.7 Å². The number of rotatable bonds is 4. The van der Waals surface area contributed by atoms with E-state index in [4.69, 9.17) is 10.2 Å². The first kappa shape index (κ1) is 10.8. The Kier molecular flexibility index (Phi) is 2.99. The van der Waals surface area contributed by atoms with E-state index in [-0.39, 0.29) is 0 Å². The quantitative estimate of drug-likeness (QED) is 0.803. The van der Waals surface area contributed by atoms with Gasteiger partial charge in [0.2, 0.25) is 0 Å². The van der Waals surface area contributed by atoms with Crippen LogP contribution in [0.1, 0.15) is 20.3 Å². The maximum absolute atomic E-state index is 5.71. The van der Waals surface area contributed by atoms with Gasteiger partial charge >= 0.3 is 0 Å². The van der Waals surface area contributed by atoms with Gasteiger partial charge in [-0.2, -0.15) is 4.98 Å². The number of fused-ring (bicyclic) bond motifs is 1. The molecule has 4 nitrogen and oxygen atoms in total. The van der Waals surface area contributed by atoms with Gasteiger partial charge in [0.25, 0.3) is 6.01 Å². The smallest absolute Gasteiger partial charge is 0.298 e. The number of nitrogens with two attached hydrogens (primary N) is 1. The molecule has 0 radical (unpaired) electrons. The van der Waals surface area contributed by atoms with Crippen LogP contribution in [0.2, 0.25) is 0 Å². The molecule has 0 aliphatic rings. The van der Waals surface area contributed by atoms with Gasteiger partial charge in [-0.05, 0) is 31.5 Å². The Balaban J connectivity index is 2.37. The van der Waals surface area contributed by atoms with Crippen molar-refractivity contribution in [1.82, 2.24) is 4.98 Å². The van der Waals surface area contributed by atoms with Crippen LogP contribution >= 0.6 is 0 Å². The summed E-state index contributed by atoms with van der Waals surface area (Å²) >= 11 is 0. The lowest BCUT2D eigenvalue weighted by atomic mass is 10.3. The molecule has 2 N–H and O–H groups in total. The Bertz CT molecular complexity index is 478. The standard InChI is InChI=1S/C12H17N3O/c1-3-7-15(4-2)12-14-10-8-9(13)5-6-11(10)16-12/h5-6,8H,3-4,7,13H2,1-2H3. The van der Waals surface area contributed by atoms with Gasteiger partial charge in [-0.3, -0.25) is 0 Å².